The highest BCUT2D eigenvalue weighted by atomic mass is 16.5. The predicted molar refractivity (Wildman–Crippen MR) is 96.3 cm³/mol. The smallest absolute Gasteiger partial charge is 0.315 e. The Morgan fingerprint density at radius 2 is 1.76 bits per heavy atom. The van der Waals surface area contributed by atoms with Crippen LogP contribution >= 0.6 is 0 Å². The summed E-state index contributed by atoms with van der Waals surface area (Å²) in [5.41, 5.74) is 2.04. The average molecular weight is 340 g/mol. The van der Waals surface area contributed by atoms with Gasteiger partial charge in [0.15, 0.2) is 0 Å². The lowest BCUT2D eigenvalue weighted by Crippen LogP contribution is -2.44. The third-order valence-electron chi connectivity index (χ3n) is 4.27. The van der Waals surface area contributed by atoms with Crippen LogP contribution in [0.2, 0.25) is 0 Å². The molecule has 1 unspecified atom stereocenters. The van der Waals surface area contributed by atoms with Crippen molar-refractivity contribution in [2.75, 3.05) is 39.4 Å². The van der Waals surface area contributed by atoms with Gasteiger partial charge in [0.1, 0.15) is 0 Å². The zero-order valence-electron chi connectivity index (χ0n) is 14.2. The van der Waals surface area contributed by atoms with Gasteiger partial charge in [-0.15, -0.1) is 0 Å². The normalized spacial score (nSPS) is 16.2. The van der Waals surface area contributed by atoms with Crippen LogP contribution in [0.25, 0.3) is 0 Å². The second-order valence-corrected chi connectivity index (χ2v) is 5.98. The molecule has 2 N–H and O–H groups in total. The average Bonchev–Trinajstić information content (AvgIpc) is 2.68. The number of benzene rings is 1. The van der Waals surface area contributed by atoms with Crippen molar-refractivity contribution in [2.24, 2.45) is 0 Å². The third-order valence-corrected chi connectivity index (χ3v) is 4.27. The molecular weight excluding hydrogens is 316 g/mol. The number of nitrogens with zero attached hydrogens (tertiary/aromatic N) is 2. The monoisotopic (exact) mass is 340 g/mol. The fraction of sp³-hybridized carbons (Fsp3) is 0.368. The molecule has 1 atom stereocenters. The van der Waals surface area contributed by atoms with Crippen LogP contribution in [0.15, 0.2) is 54.9 Å². The molecule has 0 bridgehead atoms. The molecule has 1 aromatic heterocycles. The first-order valence-corrected chi connectivity index (χ1v) is 8.62. The van der Waals surface area contributed by atoms with E-state index in [1.807, 2.05) is 42.5 Å². The van der Waals surface area contributed by atoms with Gasteiger partial charge in [0, 0.05) is 38.6 Å². The van der Waals surface area contributed by atoms with E-state index < -0.39 is 0 Å². The number of carbonyl (C=O) groups is 1. The van der Waals surface area contributed by atoms with Crippen LogP contribution in [-0.2, 0) is 4.74 Å². The van der Waals surface area contributed by atoms with Crippen molar-refractivity contribution in [1.29, 1.82) is 0 Å². The summed E-state index contributed by atoms with van der Waals surface area (Å²) in [5, 5.41) is 6.02. The van der Waals surface area contributed by atoms with Crippen molar-refractivity contribution in [3.8, 4) is 0 Å². The summed E-state index contributed by atoms with van der Waals surface area (Å²) in [6, 6.07) is 13.4. The molecule has 0 aliphatic carbocycles. The molecular formula is C19H24N4O2. The quantitative estimate of drug-likeness (QED) is 0.842. The zero-order valence-corrected chi connectivity index (χ0v) is 14.2. The molecule has 132 valence electrons. The summed E-state index contributed by atoms with van der Waals surface area (Å²) in [5.74, 6) is 0. The Morgan fingerprint density at radius 1 is 1.08 bits per heavy atom. The summed E-state index contributed by atoms with van der Waals surface area (Å²) in [6.45, 7) is 4.83. The number of rotatable bonds is 6. The summed E-state index contributed by atoms with van der Waals surface area (Å²) in [7, 11) is 0. The summed E-state index contributed by atoms with van der Waals surface area (Å²) in [4.78, 5) is 18.7. The van der Waals surface area contributed by atoms with Crippen LogP contribution in [0.5, 0.6) is 0 Å². The second kappa shape index (κ2) is 9.15. The number of ether oxygens (including phenoxy) is 1. The molecule has 3 rings (SSSR count). The Hall–Kier alpha value is -2.44. The molecule has 0 spiro atoms. The van der Waals surface area contributed by atoms with Gasteiger partial charge in [0.25, 0.3) is 0 Å². The van der Waals surface area contributed by atoms with Crippen LogP contribution in [0.3, 0.4) is 0 Å². The van der Waals surface area contributed by atoms with E-state index in [1.54, 1.807) is 12.4 Å². The van der Waals surface area contributed by atoms with Crippen molar-refractivity contribution in [3.63, 3.8) is 0 Å². The Kier molecular flexibility index (Phi) is 6.36. The standard InChI is InChI=1S/C19H24N4O2/c24-19(21-10-11-23-12-14-25-15-13-23)22-18(16-4-2-1-3-5-16)17-6-8-20-9-7-17/h1-9,18H,10-15H2,(H2,21,22,24). The Balaban J connectivity index is 1.57. The minimum absolute atomic E-state index is 0.168. The fourth-order valence-electron chi connectivity index (χ4n) is 2.89. The number of nitrogens with one attached hydrogen (secondary N) is 2. The van der Waals surface area contributed by atoms with Gasteiger partial charge in [-0.25, -0.2) is 4.79 Å². The highest BCUT2D eigenvalue weighted by molar-refractivity contribution is 5.75. The SMILES string of the molecule is O=C(NCCN1CCOCC1)NC(c1ccccc1)c1ccncc1. The van der Waals surface area contributed by atoms with Crippen LogP contribution in [0, 0.1) is 0 Å². The van der Waals surface area contributed by atoms with E-state index >= 15 is 0 Å². The van der Waals surface area contributed by atoms with E-state index in [0.717, 1.165) is 44.0 Å². The van der Waals surface area contributed by atoms with E-state index in [1.165, 1.54) is 0 Å². The molecule has 25 heavy (non-hydrogen) atoms. The molecule has 0 radical (unpaired) electrons. The lowest BCUT2D eigenvalue weighted by atomic mass is 10.00. The number of pyridine rings is 1. The molecule has 1 aliphatic rings. The van der Waals surface area contributed by atoms with Crippen LogP contribution in [0.1, 0.15) is 17.2 Å². The van der Waals surface area contributed by atoms with Gasteiger partial charge in [0.2, 0.25) is 0 Å². The number of amides is 2. The summed E-state index contributed by atoms with van der Waals surface area (Å²) < 4.78 is 5.33. The minimum atomic E-state index is -0.201. The Labute approximate surface area is 148 Å². The molecule has 1 aromatic carbocycles. The van der Waals surface area contributed by atoms with Gasteiger partial charge in [-0.2, -0.15) is 0 Å². The maximum atomic E-state index is 12.4. The Morgan fingerprint density at radius 3 is 2.48 bits per heavy atom. The van der Waals surface area contributed by atoms with E-state index in [0.29, 0.717) is 6.54 Å². The maximum Gasteiger partial charge on any atom is 0.315 e. The summed E-state index contributed by atoms with van der Waals surface area (Å²) in [6.07, 6.45) is 3.48. The van der Waals surface area contributed by atoms with Crippen molar-refractivity contribution in [2.45, 2.75) is 6.04 Å². The van der Waals surface area contributed by atoms with Crippen molar-refractivity contribution < 1.29 is 9.53 Å². The van der Waals surface area contributed by atoms with Crippen LogP contribution in [-0.4, -0.2) is 55.3 Å². The topological polar surface area (TPSA) is 66.5 Å². The zero-order chi connectivity index (χ0) is 17.3. The molecule has 2 aromatic rings. The number of hydrogen-bond donors (Lipinski definition) is 2. The third kappa shape index (κ3) is 5.27. The van der Waals surface area contributed by atoms with Gasteiger partial charge < -0.3 is 15.4 Å². The number of urea groups is 1. The fourth-order valence-corrected chi connectivity index (χ4v) is 2.89. The second-order valence-electron chi connectivity index (χ2n) is 5.98. The highest BCUT2D eigenvalue weighted by Gasteiger charge is 2.17. The van der Waals surface area contributed by atoms with Gasteiger partial charge >= 0.3 is 6.03 Å². The molecule has 1 fully saturated rings. The lowest BCUT2D eigenvalue weighted by Gasteiger charge is -2.26. The molecule has 6 nitrogen and oxygen atoms in total. The van der Waals surface area contributed by atoms with E-state index in [9.17, 15) is 4.79 Å². The van der Waals surface area contributed by atoms with Crippen LogP contribution < -0.4 is 10.6 Å². The largest absolute Gasteiger partial charge is 0.379 e. The minimum Gasteiger partial charge on any atom is -0.379 e. The summed E-state index contributed by atoms with van der Waals surface area (Å²) >= 11 is 0. The first-order chi connectivity index (χ1) is 12.3. The van der Waals surface area contributed by atoms with E-state index in [4.69, 9.17) is 4.74 Å². The van der Waals surface area contributed by atoms with Crippen LogP contribution in [0.4, 0.5) is 4.79 Å². The first-order valence-electron chi connectivity index (χ1n) is 8.62. The Bertz CT molecular complexity index is 605. The first kappa shape index (κ1) is 17.4. The lowest BCUT2D eigenvalue weighted by molar-refractivity contribution is 0.0387. The van der Waals surface area contributed by atoms with Crippen molar-refractivity contribution in [3.05, 3.63) is 66.0 Å². The predicted octanol–water partition coefficient (Wildman–Crippen LogP) is 1.80. The van der Waals surface area contributed by atoms with Crippen molar-refractivity contribution in [1.82, 2.24) is 20.5 Å². The molecule has 6 heteroatoms. The number of hydrogen-bond acceptors (Lipinski definition) is 4. The van der Waals surface area contributed by atoms with Crippen molar-refractivity contribution >= 4 is 6.03 Å². The number of morpholine rings is 1. The molecule has 1 saturated heterocycles. The van der Waals surface area contributed by atoms with E-state index in [2.05, 4.69) is 20.5 Å². The number of aromatic nitrogens is 1. The van der Waals surface area contributed by atoms with Gasteiger partial charge in [-0.3, -0.25) is 9.88 Å². The van der Waals surface area contributed by atoms with Gasteiger partial charge in [-0.05, 0) is 23.3 Å². The number of carbonyl (C=O) groups excluding carboxylic acids is 1. The molecule has 2 heterocycles. The molecule has 0 saturated carbocycles. The molecule has 2 amide bonds. The molecule has 1 aliphatic heterocycles. The van der Waals surface area contributed by atoms with Gasteiger partial charge in [0.05, 0.1) is 19.3 Å². The maximum absolute atomic E-state index is 12.4. The highest BCUT2D eigenvalue weighted by Crippen LogP contribution is 2.21. The van der Waals surface area contributed by atoms with Gasteiger partial charge in [-0.1, -0.05) is 30.3 Å². The van der Waals surface area contributed by atoms with E-state index in [-0.39, 0.29) is 12.1 Å².